The van der Waals surface area contributed by atoms with E-state index in [0.29, 0.717) is 6.61 Å². The largest absolute Gasteiger partial charge is 0.465 e. The van der Waals surface area contributed by atoms with Crippen molar-refractivity contribution in [2.75, 3.05) is 6.61 Å². The summed E-state index contributed by atoms with van der Waals surface area (Å²) in [4.78, 5) is 24.2. The average molecular weight is 312 g/mol. The van der Waals surface area contributed by atoms with Crippen LogP contribution in [0.2, 0.25) is 0 Å². The van der Waals surface area contributed by atoms with Crippen molar-refractivity contribution >= 4 is 11.9 Å². The molecule has 1 aliphatic carbocycles. The fourth-order valence-electron chi connectivity index (χ4n) is 2.69. The van der Waals surface area contributed by atoms with E-state index in [1.165, 1.54) is 0 Å². The molecule has 2 unspecified atom stereocenters. The van der Waals surface area contributed by atoms with Gasteiger partial charge >= 0.3 is 11.9 Å². The molecule has 1 aliphatic rings. The molecule has 0 aromatic heterocycles. The third-order valence-electron chi connectivity index (χ3n) is 4.49. The van der Waals surface area contributed by atoms with E-state index in [2.05, 4.69) is 6.92 Å². The molecule has 22 heavy (non-hydrogen) atoms. The molecule has 2 atom stereocenters. The van der Waals surface area contributed by atoms with Crippen LogP contribution in [0.15, 0.2) is 0 Å². The zero-order chi connectivity index (χ0) is 17.2. The molecule has 4 nitrogen and oxygen atoms in total. The topological polar surface area (TPSA) is 52.6 Å². The maximum absolute atomic E-state index is 12.2. The lowest BCUT2D eigenvalue weighted by Gasteiger charge is -2.35. The molecule has 0 saturated heterocycles. The number of hydrogen-bond donors (Lipinski definition) is 0. The molecule has 0 bridgehead atoms. The van der Waals surface area contributed by atoms with Crippen molar-refractivity contribution < 1.29 is 19.1 Å². The van der Waals surface area contributed by atoms with Gasteiger partial charge in [0, 0.05) is 5.41 Å². The summed E-state index contributed by atoms with van der Waals surface area (Å²) >= 11 is 0. The molecule has 0 aromatic rings. The van der Waals surface area contributed by atoms with Gasteiger partial charge in [0.1, 0.15) is 12.7 Å². The van der Waals surface area contributed by atoms with Gasteiger partial charge < -0.3 is 9.47 Å². The first-order valence-electron chi connectivity index (χ1n) is 8.31. The smallest absolute Gasteiger partial charge is 0.311 e. The highest BCUT2D eigenvalue weighted by molar-refractivity contribution is 5.76. The van der Waals surface area contributed by atoms with Crippen molar-refractivity contribution in [2.24, 2.45) is 16.2 Å². The molecule has 0 spiro atoms. The van der Waals surface area contributed by atoms with Crippen LogP contribution in [-0.2, 0) is 19.1 Å². The van der Waals surface area contributed by atoms with E-state index in [1.54, 1.807) is 0 Å². The van der Waals surface area contributed by atoms with Gasteiger partial charge in [-0.3, -0.25) is 9.59 Å². The molecule has 128 valence electrons. The molecule has 0 aliphatic heterocycles. The Kier molecular flexibility index (Phi) is 5.69. The Morgan fingerprint density at radius 1 is 1.05 bits per heavy atom. The maximum atomic E-state index is 12.2. The normalized spacial score (nSPS) is 25.9. The summed E-state index contributed by atoms with van der Waals surface area (Å²) in [6.45, 7) is 13.5. The number of rotatable bonds is 4. The van der Waals surface area contributed by atoms with Crippen LogP contribution in [0.5, 0.6) is 0 Å². The Morgan fingerprint density at radius 2 is 1.59 bits per heavy atom. The van der Waals surface area contributed by atoms with Gasteiger partial charge in [-0.2, -0.15) is 0 Å². The molecule has 4 heteroatoms. The zero-order valence-corrected chi connectivity index (χ0v) is 15.2. The van der Waals surface area contributed by atoms with Crippen molar-refractivity contribution in [3.8, 4) is 0 Å². The summed E-state index contributed by atoms with van der Waals surface area (Å²) in [5.74, 6) is -0.382. The molecule has 0 heterocycles. The summed E-state index contributed by atoms with van der Waals surface area (Å²) in [5.41, 5.74) is -1.25. The number of carbonyl (C=O) groups excluding carboxylic acids is 2. The minimum atomic E-state index is -0.510. The number of ether oxygens (including phenoxy) is 2. The zero-order valence-electron chi connectivity index (χ0n) is 15.2. The van der Waals surface area contributed by atoms with E-state index in [-0.39, 0.29) is 23.5 Å². The first kappa shape index (κ1) is 19.0. The van der Waals surface area contributed by atoms with Gasteiger partial charge in [0.2, 0.25) is 0 Å². The Hall–Kier alpha value is -1.06. The number of hydrogen-bond acceptors (Lipinski definition) is 4. The monoisotopic (exact) mass is 312 g/mol. The predicted octanol–water partition coefficient (Wildman–Crippen LogP) is 4.11. The lowest BCUT2D eigenvalue weighted by atomic mass is 9.81. The van der Waals surface area contributed by atoms with Crippen LogP contribution in [-0.4, -0.2) is 24.6 Å². The Morgan fingerprint density at radius 3 is 2.05 bits per heavy atom. The number of esters is 2. The minimum absolute atomic E-state index is 0.156. The average Bonchev–Trinajstić information content (AvgIpc) is 2.77. The first-order valence-corrected chi connectivity index (χ1v) is 8.31. The first-order chi connectivity index (χ1) is 9.92. The van der Waals surface area contributed by atoms with Crippen molar-refractivity contribution in [1.82, 2.24) is 0 Å². The Labute approximate surface area is 134 Å². The summed E-state index contributed by atoms with van der Waals surface area (Å²) in [6, 6.07) is 0. The second-order valence-corrected chi connectivity index (χ2v) is 8.58. The van der Waals surface area contributed by atoms with Crippen LogP contribution < -0.4 is 0 Å². The predicted molar refractivity (Wildman–Crippen MR) is 86.3 cm³/mol. The molecule has 0 aromatic carbocycles. The Balaban J connectivity index is 2.78. The van der Waals surface area contributed by atoms with Crippen LogP contribution in [0.25, 0.3) is 0 Å². The number of carbonyl (C=O) groups is 2. The van der Waals surface area contributed by atoms with Crippen molar-refractivity contribution in [2.45, 2.75) is 80.3 Å². The van der Waals surface area contributed by atoms with Crippen LogP contribution in [0, 0.1) is 16.2 Å². The van der Waals surface area contributed by atoms with Crippen LogP contribution in [0.1, 0.15) is 74.1 Å². The molecular formula is C18H32O4. The third kappa shape index (κ3) is 4.47. The van der Waals surface area contributed by atoms with Crippen LogP contribution in [0.3, 0.4) is 0 Å². The van der Waals surface area contributed by atoms with Crippen molar-refractivity contribution in [1.29, 1.82) is 0 Å². The van der Waals surface area contributed by atoms with Crippen molar-refractivity contribution in [3.05, 3.63) is 0 Å². The van der Waals surface area contributed by atoms with E-state index in [4.69, 9.17) is 9.47 Å². The lowest BCUT2D eigenvalue weighted by Crippen LogP contribution is -2.41. The van der Waals surface area contributed by atoms with E-state index in [0.717, 1.165) is 25.7 Å². The molecule has 1 rings (SSSR count). The molecule has 1 saturated carbocycles. The second-order valence-electron chi connectivity index (χ2n) is 8.58. The highest BCUT2D eigenvalue weighted by atomic mass is 16.6. The van der Waals surface area contributed by atoms with Gasteiger partial charge in [-0.15, -0.1) is 0 Å². The molecule has 0 amide bonds. The minimum Gasteiger partial charge on any atom is -0.465 e. The SMILES string of the molecule is CCC1(COC(=O)C(C)(C)C)CCCC1OC(=O)C(C)(C)C. The van der Waals surface area contributed by atoms with Gasteiger partial charge in [-0.25, -0.2) is 0 Å². The summed E-state index contributed by atoms with van der Waals surface area (Å²) in [6.07, 6.45) is 3.47. The van der Waals surface area contributed by atoms with Gasteiger partial charge in [0.25, 0.3) is 0 Å². The Bertz CT molecular complexity index is 414. The molecule has 0 N–H and O–H groups in total. The second kappa shape index (κ2) is 6.59. The molecule has 1 fully saturated rings. The van der Waals surface area contributed by atoms with E-state index < -0.39 is 10.8 Å². The van der Waals surface area contributed by atoms with Gasteiger partial charge in [0.05, 0.1) is 10.8 Å². The van der Waals surface area contributed by atoms with E-state index in [9.17, 15) is 9.59 Å². The summed E-state index contributed by atoms with van der Waals surface area (Å²) in [7, 11) is 0. The van der Waals surface area contributed by atoms with Gasteiger partial charge in [0.15, 0.2) is 0 Å². The van der Waals surface area contributed by atoms with Gasteiger partial charge in [-0.05, 0) is 67.2 Å². The molecular weight excluding hydrogens is 280 g/mol. The molecule has 0 radical (unpaired) electrons. The highest BCUT2D eigenvalue weighted by Crippen LogP contribution is 2.44. The van der Waals surface area contributed by atoms with E-state index >= 15 is 0 Å². The van der Waals surface area contributed by atoms with E-state index in [1.807, 2.05) is 41.5 Å². The summed E-state index contributed by atoms with van der Waals surface area (Å²) < 4.78 is 11.3. The van der Waals surface area contributed by atoms with Crippen LogP contribution >= 0.6 is 0 Å². The lowest BCUT2D eigenvalue weighted by molar-refractivity contribution is -0.171. The maximum Gasteiger partial charge on any atom is 0.311 e. The standard InChI is InChI=1S/C18H32O4/c1-8-18(12-21-14(19)16(2,3)4)11-9-10-13(18)22-15(20)17(5,6)7/h13H,8-12H2,1-7H3. The quantitative estimate of drug-likeness (QED) is 0.733. The van der Waals surface area contributed by atoms with Crippen LogP contribution in [0.4, 0.5) is 0 Å². The highest BCUT2D eigenvalue weighted by Gasteiger charge is 2.46. The fraction of sp³-hybridized carbons (Fsp3) is 0.889. The van der Waals surface area contributed by atoms with Crippen molar-refractivity contribution in [3.63, 3.8) is 0 Å². The third-order valence-corrected chi connectivity index (χ3v) is 4.49. The van der Waals surface area contributed by atoms with Gasteiger partial charge in [-0.1, -0.05) is 6.92 Å². The summed E-state index contributed by atoms with van der Waals surface area (Å²) in [5, 5.41) is 0. The fourth-order valence-corrected chi connectivity index (χ4v) is 2.69.